The van der Waals surface area contributed by atoms with E-state index in [1.165, 1.54) is 0 Å². The van der Waals surface area contributed by atoms with Crippen molar-refractivity contribution in [2.75, 3.05) is 40.8 Å². The molecule has 2 aromatic carbocycles. The summed E-state index contributed by atoms with van der Waals surface area (Å²) >= 11 is 0. The summed E-state index contributed by atoms with van der Waals surface area (Å²) in [5.41, 5.74) is 4.63. The van der Waals surface area contributed by atoms with Crippen molar-refractivity contribution in [1.82, 2.24) is 9.80 Å². The van der Waals surface area contributed by atoms with Gasteiger partial charge in [0.15, 0.2) is 23.0 Å². The highest BCUT2D eigenvalue weighted by Gasteiger charge is 2.59. The number of ether oxygens (including phenoxy) is 5. The maximum Gasteiger partial charge on any atom is 0.231 e. The lowest BCUT2D eigenvalue weighted by molar-refractivity contribution is -0.131. The van der Waals surface area contributed by atoms with Gasteiger partial charge in [0, 0.05) is 34.9 Å². The number of methoxy groups -OCH3 is 1. The molecule has 0 aromatic heterocycles. The zero-order valence-electron chi connectivity index (χ0n) is 26.7. The summed E-state index contributed by atoms with van der Waals surface area (Å²) in [6.45, 7) is 9.46. The van der Waals surface area contributed by atoms with Gasteiger partial charge in [-0.05, 0) is 51.3 Å². The second-order valence-electron chi connectivity index (χ2n) is 12.5. The number of phenols is 1. The number of aromatic hydroxyl groups is 1. The number of piperazine rings is 1. The van der Waals surface area contributed by atoms with Gasteiger partial charge in [0.05, 0.1) is 44.5 Å². The lowest BCUT2D eigenvalue weighted by atomic mass is 9.70. The summed E-state index contributed by atoms with van der Waals surface area (Å²) in [5.74, 6) is 2.36. The first kappa shape index (κ1) is 30.8. The molecule has 238 valence electrons. The minimum atomic E-state index is -1.14. The van der Waals surface area contributed by atoms with Gasteiger partial charge in [-0.2, -0.15) is 5.26 Å². The minimum Gasteiger partial charge on any atom is -0.507 e. The average Bonchev–Trinajstić information content (AvgIpc) is 3.50. The van der Waals surface area contributed by atoms with Crippen molar-refractivity contribution in [3.05, 3.63) is 39.4 Å². The molecule has 1 saturated heterocycles. The normalized spacial score (nSPS) is 26.9. The van der Waals surface area contributed by atoms with Crippen molar-refractivity contribution in [2.24, 2.45) is 0 Å². The van der Waals surface area contributed by atoms with E-state index in [0.717, 1.165) is 42.4 Å². The molecule has 4 aliphatic heterocycles. The SMILES string of the molecule is CCCCOC[C@H]1c2c3c(c(C)c(O)c2[C@@H](O)[C@H]2[C@@H]4c5c(cc(C)c(OC)c5OCCCC)CC([C@H](C#N)N21)N4C)OCO3. The Kier molecular flexibility index (Phi) is 8.59. The predicted octanol–water partition coefficient (Wildman–Crippen LogP) is 5.00. The van der Waals surface area contributed by atoms with Gasteiger partial charge in [-0.3, -0.25) is 9.80 Å². The van der Waals surface area contributed by atoms with Crippen LogP contribution in [0.2, 0.25) is 0 Å². The fourth-order valence-corrected chi connectivity index (χ4v) is 7.90. The highest BCUT2D eigenvalue weighted by molar-refractivity contribution is 5.67. The molecule has 0 amide bonds. The number of aliphatic hydroxyl groups excluding tert-OH is 1. The quantitative estimate of drug-likeness (QED) is 0.357. The number of hydrogen-bond acceptors (Lipinski definition) is 10. The highest BCUT2D eigenvalue weighted by atomic mass is 16.7. The lowest BCUT2D eigenvalue weighted by Gasteiger charge is -2.61. The maximum atomic E-state index is 12.4. The topological polar surface area (TPSA) is 117 Å². The summed E-state index contributed by atoms with van der Waals surface area (Å²) in [5, 5.41) is 34.9. The first-order chi connectivity index (χ1) is 21.3. The molecule has 10 nitrogen and oxygen atoms in total. The largest absolute Gasteiger partial charge is 0.507 e. The van der Waals surface area contributed by atoms with Gasteiger partial charge in [0.2, 0.25) is 6.79 Å². The van der Waals surface area contributed by atoms with Crippen molar-refractivity contribution in [3.63, 3.8) is 0 Å². The number of rotatable bonds is 10. The highest BCUT2D eigenvalue weighted by Crippen LogP contribution is 2.61. The molecule has 0 radical (unpaired) electrons. The van der Waals surface area contributed by atoms with E-state index in [1.54, 1.807) is 14.0 Å². The van der Waals surface area contributed by atoms with Crippen LogP contribution in [0.3, 0.4) is 0 Å². The molecule has 0 saturated carbocycles. The zero-order valence-corrected chi connectivity index (χ0v) is 26.7. The van der Waals surface area contributed by atoms with Gasteiger partial charge in [-0.15, -0.1) is 0 Å². The van der Waals surface area contributed by atoms with Crippen LogP contribution in [0.1, 0.15) is 91.1 Å². The second-order valence-corrected chi connectivity index (χ2v) is 12.5. The van der Waals surface area contributed by atoms with Gasteiger partial charge < -0.3 is 33.9 Å². The first-order valence-electron chi connectivity index (χ1n) is 15.9. The zero-order chi connectivity index (χ0) is 31.3. The molecule has 4 heterocycles. The van der Waals surface area contributed by atoms with Crippen LogP contribution in [0.5, 0.6) is 28.7 Å². The fraction of sp³-hybridized carbons (Fsp3) is 0.618. The standard InChI is InChI=1S/C34H45N3O7/c1-7-9-11-41-16-23-25-26(29(38)19(4)32-34(25)44-17-43-32)30(39)28-27-24-20(14-21(36(27)5)22(15-35)37(23)28)13-18(3)31(40-6)33(24)42-12-10-8-2/h13,21-23,27-28,30,38-39H,7-12,14,16-17H2,1-6H3/t21?,22-,23-,27-,28+,30+/m0/s1. The number of fused-ring (bicyclic) bond motifs is 9. The Morgan fingerprint density at radius 3 is 2.48 bits per heavy atom. The number of aliphatic hydroxyl groups is 1. The van der Waals surface area contributed by atoms with Gasteiger partial charge >= 0.3 is 0 Å². The number of nitrogens with zero attached hydrogens (tertiary/aromatic N) is 3. The van der Waals surface area contributed by atoms with E-state index in [4.69, 9.17) is 23.7 Å². The number of benzene rings is 2. The molecule has 10 heteroatoms. The third-order valence-corrected chi connectivity index (χ3v) is 10.00. The maximum absolute atomic E-state index is 12.4. The van der Waals surface area contributed by atoms with E-state index >= 15 is 0 Å². The molecule has 0 spiro atoms. The van der Waals surface area contributed by atoms with E-state index in [-0.39, 0.29) is 31.2 Å². The molecule has 44 heavy (non-hydrogen) atoms. The molecule has 1 unspecified atom stereocenters. The molecular formula is C34H45N3O7. The third kappa shape index (κ3) is 4.59. The number of hydrogen-bond donors (Lipinski definition) is 2. The van der Waals surface area contributed by atoms with Gasteiger partial charge in [0.25, 0.3) is 0 Å². The molecule has 4 aliphatic rings. The molecule has 6 rings (SSSR count). The van der Waals surface area contributed by atoms with E-state index in [2.05, 4.69) is 35.8 Å². The number of likely N-dealkylation sites (N-methyl/N-ethyl adjacent to an activating group) is 1. The Bertz CT molecular complexity index is 1460. The van der Waals surface area contributed by atoms with Crippen LogP contribution in [-0.2, 0) is 11.2 Å². The van der Waals surface area contributed by atoms with Crippen LogP contribution in [0.4, 0.5) is 0 Å². The van der Waals surface area contributed by atoms with Crippen molar-refractivity contribution >= 4 is 0 Å². The van der Waals surface area contributed by atoms with E-state index in [9.17, 15) is 15.5 Å². The molecule has 6 atom stereocenters. The second kappa shape index (κ2) is 12.3. The first-order valence-corrected chi connectivity index (χ1v) is 15.9. The van der Waals surface area contributed by atoms with Crippen LogP contribution < -0.4 is 18.9 Å². The minimum absolute atomic E-state index is 0.00909. The van der Waals surface area contributed by atoms with Crippen LogP contribution >= 0.6 is 0 Å². The number of unbranched alkanes of at least 4 members (excludes halogenated alkanes) is 2. The molecule has 1 fully saturated rings. The molecule has 2 N–H and O–H groups in total. The van der Waals surface area contributed by atoms with Crippen LogP contribution in [0.25, 0.3) is 0 Å². The Morgan fingerprint density at radius 2 is 1.77 bits per heavy atom. The van der Waals surface area contributed by atoms with Crippen LogP contribution in [0, 0.1) is 25.2 Å². The fourth-order valence-electron chi connectivity index (χ4n) is 7.90. The average molecular weight is 608 g/mol. The van der Waals surface area contributed by atoms with Gasteiger partial charge in [-0.1, -0.05) is 32.8 Å². The summed E-state index contributed by atoms with van der Waals surface area (Å²) in [7, 11) is 3.69. The van der Waals surface area contributed by atoms with E-state index < -0.39 is 24.2 Å². The molecular weight excluding hydrogens is 562 g/mol. The van der Waals surface area contributed by atoms with Gasteiger partial charge in [-0.25, -0.2) is 0 Å². The van der Waals surface area contributed by atoms with Crippen molar-refractivity contribution in [1.29, 1.82) is 5.26 Å². The van der Waals surface area contributed by atoms with E-state index in [1.807, 2.05) is 14.0 Å². The monoisotopic (exact) mass is 607 g/mol. The van der Waals surface area contributed by atoms with Crippen molar-refractivity contribution < 1.29 is 33.9 Å². The van der Waals surface area contributed by atoms with Gasteiger partial charge in [0.1, 0.15) is 17.9 Å². The van der Waals surface area contributed by atoms with Crippen LogP contribution in [0.15, 0.2) is 6.07 Å². The van der Waals surface area contributed by atoms with E-state index in [0.29, 0.717) is 59.3 Å². The lowest BCUT2D eigenvalue weighted by Crippen LogP contribution is -2.69. The van der Waals surface area contributed by atoms with Crippen molar-refractivity contribution in [3.8, 4) is 34.8 Å². The Hall–Kier alpha value is -3.23. The number of phenolic OH excluding ortho intramolecular Hbond substituents is 1. The summed E-state index contributed by atoms with van der Waals surface area (Å²) in [6, 6.07) is 2.63. The van der Waals surface area contributed by atoms with Crippen molar-refractivity contribution in [2.45, 2.75) is 96.1 Å². The molecule has 0 aliphatic carbocycles. The predicted molar refractivity (Wildman–Crippen MR) is 164 cm³/mol. The number of nitriles is 1. The van der Waals surface area contributed by atoms with Crippen LogP contribution in [-0.4, -0.2) is 78.9 Å². The smallest absolute Gasteiger partial charge is 0.231 e. The summed E-state index contributed by atoms with van der Waals surface area (Å²) in [6.07, 6.45) is 3.29. The Labute approximate surface area is 260 Å². The Morgan fingerprint density at radius 1 is 1.05 bits per heavy atom. The Balaban J connectivity index is 1.58. The molecule has 2 aromatic rings. The molecule has 2 bridgehead atoms. The number of aryl methyl sites for hydroxylation is 1. The summed E-state index contributed by atoms with van der Waals surface area (Å²) < 4.78 is 30.5. The third-order valence-electron chi connectivity index (χ3n) is 10.00. The summed E-state index contributed by atoms with van der Waals surface area (Å²) in [4.78, 5) is 4.36.